The molecular formula is C6H7BrN2. The number of hydrogen-bond acceptors (Lipinski definition) is 2. The second-order valence-corrected chi connectivity index (χ2v) is 2.64. The van der Waals surface area contributed by atoms with Gasteiger partial charge in [0, 0.05) is 10.7 Å². The average molecular weight is 187 g/mol. The fourth-order valence-corrected chi connectivity index (χ4v) is 0.963. The van der Waals surface area contributed by atoms with Crippen LogP contribution in [0.5, 0.6) is 0 Å². The summed E-state index contributed by atoms with van der Waals surface area (Å²) in [6.45, 7) is 0.706. The standard InChI is InChI=1S/C6H7BrN2/c7-5-1-2-9-4-6(8)3-5/h1,3-4H,2,8H2. The molecule has 0 saturated heterocycles. The summed E-state index contributed by atoms with van der Waals surface area (Å²) in [5, 5.41) is 0. The van der Waals surface area contributed by atoms with Crippen LogP contribution in [0.3, 0.4) is 0 Å². The third kappa shape index (κ3) is 2.01. The highest BCUT2D eigenvalue weighted by atomic mass is 79.9. The zero-order valence-electron chi connectivity index (χ0n) is 4.84. The first-order valence-corrected chi connectivity index (χ1v) is 3.41. The summed E-state index contributed by atoms with van der Waals surface area (Å²) < 4.78 is 0.998. The van der Waals surface area contributed by atoms with Crippen LogP contribution in [0.15, 0.2) is 27.3 Å². The lowest BCUT2D eigenvalue weighted by Gasteiger charge is -1.85. The minimum absolute atomic E-state index is 0.690. The number of nitrogens with two attached hydrogens (primary N) is 1. The first kappa shape index (κ1) is 6.55. The second kappa shape index (κ2) is 2.82. The average Bonchev–Trinajstić information content (AvgIpc) is 1.93. The molecule has 2 nitrogen and oxygen atoms in total. The Hall–Kier alpha value is -0.570. The molecule has 0 bridgehead atoms. The van der Waals surface area contributed by atoms with Crippen LogP contribution in [-0.4, -0.2) is 12.8 Å². The molecule has 3 heteroatoms. The van der Waals surface area contributed by atoms with E-state index in [1.54, 1.807) is 6.21 Å². The maximum Gasteiger partial charge on any atom is 0.0585 e. The van der Waals surface area contributed by atoms with E-state index in [0.29, 0.717) is 12.2 Å². The predicted molar refractivity (Wildman–Crippen MR) is 42.6 cm³/mol. The van der Waals surface area contributed by atoms with Crippen LogP contribution in [0.2, 0.25) is 0 Å². The van der Waals surface area contributed by atoms with Crippen molar-refractivity contribution in [1.82, 2.24) is 0 Å². The molecule has 0 unspecified atom stereocenters. The van der Waals surface area contributed by atoms with E-state index in [1.165, 1.54) is 0 Å². The van der Waals surface area contributed by atoms with Gasteiger partial charge in [0.2, 0.25) is 0 Å². The van der Waals surface area contributed by atoms with E-state index < -0.39 is 0 Å². The first-order valence-electron chi connectivity index (χ1n) is 2.62. The molecule has 0 saturated carbocycles. The molecule has 0 atom stereocenters. The minimum Gasteiger partial charge on any atom is -0.397 e. The smallest absolute Gasteiger partial charge is 0.0585 e. The van der Waals surface area contributed by atoms with Crippen molar-refractivity contribution < 1.29 is 0 Å². The monoisotopic (exact) mass is 186 g/mol. The van der Waals surface area contributed by atoms with Gasteiger partial charge in [0.15, 0.2) is 0 Å². The van der Waals surface area contributed by atoms with Crippen LogP contribution in [0.1, 0.15) is 0 Å². The van der Waals surface area contributed by atoms with Crippen molar-refractivity contribution in [3.05, 3.63) is 22.3 Å². The molecule has 0 radical (unpaired) electrons. The summed E-state index contributed by atoms with van der Waals surface area (Å²) in [7, 11) is 0. The molecule has 2 N–H and O–H groups in total. The Morgan fingerprint density at radius 1 is 1.67 bits per heavy atom. The van der Waals surface area contributed by atoms with Gasteiger partial charge in [0.1, 0.15) is 0 Å². The maximum atomic E-state index is 5.47. The molecule has 48 valence electrons. The number of rotatable bonds is 0. The molecule has 1 heterocycles. The molecule has 0 aromatic carbocycles. The Labute approximate surface area is 62.3 Å². The second-order valence-electron chi connectivity index (χ2n) is 1.73. The molecule has 9 heavy (non-hydrogen) atoms. The fourth-order valence-electron chi connectivity index (χ4n) is 0.553. The van der Waals surface area contributed by atoms with Crippen molar-refractivity contribution >= 4 is 22.1 Å². The topological polar surface area (TPSA) is 38.4 Å². The molecule has 0 spiro atoms. The summed E-state index contributed by atoms with van der Waals surface area (Å²) in [5.41, 5.74) is 6.16. The number of nitrogens with zero attached hydrogens (tertiary/aromatic N) is 1. The lowest BCUT2D eigenvalue weighted by molar-refractivity contribution is 1.26. The van der Waals surface area contributed by atoms with Crippen molar-refractivity contribution in [1.29, 1.82) is 0 Å². The van der Waals surface area contributed by atoms with Gasteiger partial charge in [-0.15, -0.1) is 0 Å². The van der Waals surface area contributed by atoms with E-state index in [-0.39, 0.29) is 0 Å². The Balaban J connectivity index is 2.82. The highest BCUT2D eigenvalue weighted by molar-refractivity contribution is 9.11. The van der Waals surface area contributed by atoms with E-state index in [0.717, 1.165) is 4.48 Å². The van der Waals surface area contributed by atoms with E-state index in [9.17, 15) is 0 Å². The Bertz CT molecular complexity index is 191. The third-order valence-corrected chi connectivity index (χ3v) is 1.49. The number of hydrogen-bond donors (Lipinski definition) is 1. The first-order chi connectivity index (χ1) is 4.29. The molecule has 1 aliphatic heterocycles. The van der Waals surface area contributed by atoms with Crippen LogP contribution < -0.4 is 5.73 Å². The largest absolute Gasteiger partial charge is 0.397 e. The molecule has 0 aromatic rings. The molecule has 0 aliphatic carbocycles. The van der Waals surface area contributed by atoms with Crippen molar-refractivity contribution in [3.63, 3.8) is 0 Å². The van der Waals surface area contributed by atoms with Crippen LogP contribution in [0.25, 0.3) is 0 Å². The molecule has 1 aliphatic rings. The Morgan fingerprint density at radius 2 is 2.44 bits per heavy atom. The van der Waals surface area contributed by atoms with E-state index in [4.69, 9.17) is 5.73 Å². The minimum atomic E-state index is 0.690. The van der Waals surface area contributed by atoms with E-state index >= 15 is 0 Å². The highest BCUT2D eigenvalue weighted by Gasteiger charge is 1.90. The van der Waals surface area contributed by atoms with E-state index in [1.807, 2.05) is 12.2 Å². The van der Waals surface area contributed by atoms with Crippen LogP contribution >= 0.6 is 15.9 Å². The van der Waals surface area contributed by atoms with Crippen molar-refractivity contribution in [3.8, 4) is 0 Å². The van der Waals surface area contributed by atoms with Gasteiger partial charge in [0.25, 0.3) is 0 Å². The Morgan fingerprint density at radius 3 is 3.22 bits per heavy atom. The lowest BCUT2D eigenvalue weighted by Crippen LogP contribution is -1.96. The van der Waals surface area contributed by atoms with E-state index in [2.05, 4.69) is 20.9 Å². The highest BCUT2D eigenvalue weighted by Crippen LogP contribution is 2.08. The molecule has 0 aromatic heterocycles. The molecule has 0 fully saturated rings. The SMILES string of the molecule is NC1=CC(Br)=CCN=C1. The molecular weight excluding hydrogens is 180 g/mol. The van der Waals surface area contributed by atoms with Crippen molar-refractivity contribution in [2.45, 2.75) is 0 Å². The van der Waals surface area contributed by atoms with Crippen molar-refractivity contribution in [2.24, 2.45) is 10.7 Å². The van der Waals surface area contributed by atoms with Crippen molar-refractivity contribution in [2.75, 3.05) is 6.54 Å². The Kier molecular flexibility index (Phi) is 2.05. The maximum absolute atomic E-state index is 5.47. The zero-order chi connectivity index (χ0) is 6.69. The number of halogens is 1. The van der Waals surface area contributed by atoms with Gasteiger partial charge in [-0.3, -0.25) is 4.99 Å². The molecule has 0 amide bonds. The van der Waals surface area contributed by atoms with Gasteiger partial charge >= 0.3 is 0 Å². The summed E-state index contributed by atoms with van der Waals surface area (Å²) in [6, 6.07) is 0. The summed E-state index contributed by atoms with van der Waals surface area (Å²) in [4.78, 5) is 3.98. The van der Waals surface area contributed by atoms with Gasteiger partial charge in [-0.05, 0) is 12.2 Å². The molecule has 1 rings (SSSR count). The van der Waals surface area contributed by atoms with Crippen LogP contribution in [0, 0.1) is 0 Å². The van der Waals surface area contributed by atoms with Gasteiger partial charge in [-0.25, -0.2) is 0 Å². The fraction of sp³-hybridized carbons (Fsp3) is 0.167. The van der Waals surface area contributed by atoms with Crippen LogP contribution in [0.4, 0.5) is 0 Å². The quantitative estimate of drug-likeness (QED) is 0.607. The lowest BCUT2D eigenvalue weighted by atomic mass is 10.4. The third-order valence-electron chi connectivity index (χ3n) is 0.937. The summed E-state index contributed by atoms with van der Waals surface area (Å²) >= 11 is 3.30. The van der Waals surface area contributed by atoms with Gasteiger partial charge < -0.3 is 5.73 Å². The number of allylic oxidation sites excluding steroid dienone is 3. The van der Waals surface area contributed by atoms with Crippen LogP contribution in [-0.2, 0) is 0 Å². The van der Waals surface area contributed by atoms with Gasteiger partial charge in [-0.2, -0.15) is 0 Å². The number of aliphatic imine (C=N–C) groups is 1. The van der Waals surface area contributed by atoms with Gasteiger partial charge in [0.05, 0.1) is 12.2 Å². The normalized spacial score (nSPS) is 18.3. The van der Waals surface area contributed by atoms with Gasteiger partial charge in [-0.1, -0.05) is 15.9 Å². The summed E-state index contributed by atoms with van der Waals surface area (Å²) in [5.74, 6) is 0. The summed E-state index contributed by atoms with van der Waals surface area (Å²) in [6.07, 6.45) is 5.44. The predicted octanol–water partition coefficient (Wildman–Crippen LogP) is 1.19. The zero-order valence-corrected chi connectivity index (χ0v) is 6.43.